The molecule has 3 nitrogen and oxygen atoms in total. The van der Waals surface area contributed by atoms with Gasteiger partial charge in [0.2, 0.25) is 0 Å². The Bertz CT molecular complexity index is 580. The SMILES string of the molecule is CNC(c1cc(Cl)sc1Cl)c1c(Br)cnn1C(C)C. The number of hydrogen-bond acceptors (Lipinski definition) is 3. The van der Waals surface area contributed by atoms with E-state index < -0.39 is 0 Å². The van der Waals surface area contributed by atoms with E-state index in [1.807, 2.05) is 24.0 Å². The van der Waals surface area contributed by atoms with Crippen LogP contribution in [-0.2, 0) is 0 Å². The quantitative estimate of drug-likeness (QED) is 0.814. The van der Waals surface area contributed by atoms with Crippen LogP contribution in [0.25, 0.3) is 0 Å². The molecule has 0 amide bonds. The van der Waals surface area contributed by atoms with E-state index in [4.69, 9.17) is 23.2 Å². The third-order valence-corrected chi connectivity index (χ3v) is 4.96. The predicted molar refractivity (Wildman–Crippen MR) is 85.6 cm³/mol. The van der Waals surface area contributed by atoms with Gasteiger partial charge in [-0.25, -0.2) is 0 Å². The third kappa shape index (κ3) is 3.00. The highest BCUT2D eigenvalue weighted by Crippen LogP contribution is 2.39. The maximum absolute atomic E-state index is 6.27. The Hall–Kier alpha value is -0.0700. The van der Waals surface area contributed by atoms with Gasteiger partial charge in [-0.3, -0.25) is 4.68 Å². The Morgan fingerprint density at radius 2 is 2.11 bits per heavy atom. The van der Waals surface area contributed by atoms with Gasteiger partial charge in [0.25, 0.3) is 0 Å². The standard InChI is InChI=1S/C12H14BrCl2N3S/c1-6(2)18-11(8(13)5-17-18)10(16-3)7-4-9(14)19-12(7)15/h4-6,10,16H,1-3H3. The Labute approximate surface area is 135 Å². The Kier molecular flexibility index (Phi) is 4.95. The summed E-state index contributed by atoms with van der Waals surface area (Å²) in [7, 11) is 1.90. The van der Waals surface area contributed by atoms with Crippen molar-refractivity contribution in [3.63, 3.8) is 0 Å². The summed E-state index contributed by atoms with van der Waals surface area (Å²) in [5.41, 5.74) is 2.02. The molecule has 19 heavy (non-hydrogen) atoms. The number of nitrogens with zero attached hydrogens (tertiary/aromatic N) is 2. The van der Waals surface area contributed by atoms with Crippen LogP contribution in [0.4, 0.5) is 0 Å². The van der Waals surface area contributed by atoms with Crippen LogP contribution in [0.5, 0.6) is 0 Å². The minimum atomic E-state index is -0.0458. The van der Waals surface area contributed by atoms with Gasteiger partial charge in [-0.05, 0) is 42.9 Å². The minimum absolute atomic E-state index is 0.0458. The maximum Gasteiger partial charge on any atom is 0.0996 e. The molecule has 0 radical (unpaired) electrons. The number of halogens is 3. The summed E-state index contributed by atoms with van der Waals surface area (Å²) in [4.78, 5) is 0. The Morgan fingerprint density at radius 1 is 1.42 bits per heavy atom. The lowest BCUT2D eigenvalue weighted by Crippen LogP contribution is -2.22. The highest BCUT2D eigenvalue weighted by molar-refractivity contribution is 9.10. The largest absolute Gasteiger partial charge is 0.308 e. The first-order valence-corrected chi connectivity index (χ1v) is 8.17. The van der Waals surface area contributed by atoms with Gasteiger partial charge >= 0.3 is 0 Å². The van der Waals surface area contributed by atoms with Crippen molar-refractivity contribution in [1.29, 1.82) is 0 Å². The highest BCUT2D eigenvalue weighted by Gasteiger charge is 2.25. The first kappa shape index (κ1) is 15.3. The minimum Gasteiger partial charge on any atom is -0.308 e. The number of aromatic nitrogens is 2. The summed E-state index contributed by atoms with van der Waals surface area (Å²) in [5, 5.41) is 7.69. The molecule has 2 heterocycles. The zero-order chi connectivity index (χ0) is 14.2. The Balaban J connectivity index is 2.54. The van der Waals surface area contributed by atoms with Gasteiger partial charge < -0.3 is 5.32 Å². The molecule has 0 fully saturated rings. The van der Waals surface area contributed by atoms with Gasteiger partial charge in [0.1, 0.15) is 0 Å². The van der Waals surface area contributed by atoms with Crippen molar-refractivity contribution in [1.82, 2.24) is 15.1 Å². The molecule has 1 unspecified atom stereocenters. The van der Waals surface area contributed by atoms with Crippen molar-refractivity contribution in [3.8, 4) is 0 Å². The van der Waals surface area contributed by atoms with Crippen LogP contribution >= 0.6 is 50.5 Å². The average Bonchev–Trinajstić information content (AvgIpc) is 2.85. The van der Waals surface area contributed by atoms with Crippen LogP contribution in [0.1, 0.15) is 37.2 Å². The van der Waals surface area contributed by atoms with Crippen LogP contribution in [0, 0.1) is 0 Å². The van der Waals surface area contributed by atoms with Crippen molar-refractivity contribution in [2.45, 2.75) is 25.9 Å². The fourth-order valence-corrected chi connectivity index (χ4v) is 4.06. The molecule has 0 spiro atoms. The fraction of sp³-hybridized carbons (Fsp3) is 0.417. The number of nitrogens with one attached hydrogen (secondary N) is 1. The second kappa shape index (κ2) is 6.14. The molecule has 0 saturated carbocycles. The average molecular weight is 383 g/mol. The lowest BCUT2D eigenvalue weighted by atomic mass is 10.1. The first-order valence-electron chi connectivity index (χ1n) is 5.80. The highest BCUT2D eigenvalue weighted by atomic mass is 79.9. The zero-order valence-corrected chi connectivity index (χ0v) is 14.7. The van der Waals surface area contributed by atoms with Gasteiger partial charge in [-0.1, -0.05) is 23.2 Å². The van der Waals surface area contributed by atoms with Gasteiger partial charge in [-0.2, -0.15) is 5.10 Å². The first-order chi connectivity index (χ1) is 8.95. The van der Waals surface area contributed by atoms with Crippen LogP contribution in [0.2, 0.25) is 8.67 Å². The molecule has 104 valence electrons. The summed E-state index contributed by atoms with van der Waals surface area (Å²) in [6.45, 7) is 4.19. The van der Waals surface area contributed by atoms with Crippen molar-refractivity contribution in [2.75, 3.05) is 7.05 Å². The van der Waals surface area contributed by atoms with Crippen LogP contribution in [-0.4, -0.2) is 16.8 Å². The van der Waals surface area contributed by atoms with E-state index in [2.05, 4.69) is 40.2 Å². The zero-order valence-electron chi connectivity index (χ0n) is 10.7. The molecule has 2 aromatic rings. The number of thiophene rings is 1. The van der Waals surface area contributed by atoms with E-state index in [1.165, 1.54) is 11.3 Å². The van der Waals surface area contributed by atoms with E-state index in [0.29, 0.717) is 8.67 Å². The van der Waals surface area contributed by atoms with Crippen LogP contribution in [0.15, 0.2) is 16.7 Å². The van der Waals surface area contributed by atoms with Crippen LogP contribution < -0.4 is 5.32 Å². The van der Waals surface area contributed by atoms with Gasteiger partial charge in [0, 0.05) is 11.6 Å². The smallest absolute Gasteiger partial charge is 0.0996 e. The van der Waals surface area contributed by atoms with Gasteiger partial charge in [0.05, 0.1) is 31.1 Å². The molecule has 1 atom stereocenters. The number of hydrogen-bond donors (Lipinski definition) is 1. The molecular formula is C12H14BrCl2N3S. The van der Waals surface area contributed by atoms with Crippen molar-refractivity contribution < 1.29 is 0 Å². The molecule has 1 N–H and O–H groups in total. The summed E-state index contributed by atoms with van der Waals surface area (Å²) >= 11 is 17.2. The van der Waals surface area contributed by atoms with Gasteiger partial charge in [-0.15, -0.1) is 11.3 Å². The summed E-state index contributed by atoms with van der Waals surface area (Å²) in [5.74, 6) is 0. The predicted octanol–water partition coefficient (Wildman–Crippen LogP) is 4.90. The lowest BCUT2D eigenvalue weighted by Gasteiger charge is -2.20. The molecule has 0 aliphatic heterocycles. The van der Waals surface area contributed by atoms with E-state index in [1.54, 1.807) is 0 Å². The lowest BCUT2D eigenvalue weighted by molar-refractivity contribution is 0.483. The molecule has 0 bridgehead atoms. The van der Waals surface area contributed by atoms with E-state index in [-0.39, 0.29) is 12.1 Å². The molecule has 0 aromatic carbocycles. The molecule has 2 aromatic heterocycles. The topological polar surface area (TPSA) is 29.9 Å². The molecule has 7 heteroatoms. The van der Waals surface area contributed by atoms with Gasteiger partial charge in [0.15, 0.2) is 0 Å². The third-order valence-electron chi connectivity index (χ3n) is 2.83. The van der Waals surface area contributed by atoms with Crippen molar-refractivity contribution in [3.05, 3.63) is 36.7 Å². The molecule has 2 rings (SSSR count). The van der Waals surface area contributed by atoms with Crippen molar-refractivity contribution >= 4 is 50.5 Å². The fourth-order valence-electron chi connectivity index (χ4n) is 2.02. The van der Waals surface area contributed by atoms with E-state index in [0.717, 1.165) is 15.7 Å². The van der Waals surface area contributed by atoms with E-state index >= 15 is 0 Å². The summed E-state index contributed by atoms with van der Waals surface area (Å²) in [6, 6.07) is 2.13. The second-order valence-electron chi connectivity index (χ2n) is 4.42. The van der Waals surface area contributed by atoms with Crippen molar-refractivity contribution in [2.24, 2.45) is 0 Å². The summed E-state index contributed by atoms with van der Waals surface area (Å²) < 4.78 is 4.33. The molecule has 0 saturated heterocycles. The normalized spacial score (nSPS) is 13.2. The molecular weight excluding hydrogens is 369 g/mol. The maximum atomic E-state index is 6.27. The molecule has 0 aliphatic carbocycles. The van der Waals surface area contributed by atoms with E-state index in [9.17, 15) is 0 Å². The van der Waals surface area contributed by atoms with Crippen LogP contribution in [0.3, 0.4) is 0 Å². The monoisotopic (exact) mass is 381 g/mol. The number of rotatable bonds is 4. The summed E-state index contributed by atoms with van der Waals surface area (Å²) in [6.07, 6.45) is 1.81. The molecule has 0 aliphatic rings. The second-order valence-corrected chi connectivity index (χ2v) is 7.56. The Morgan fingerprint density at radius 3 is 2.58 bits per heavy atom.